The number of ether oxygens (including phenoxy) is 2. The van der Waals surface area contributed by atoms with E-state index in [1.807, 2.05) is 30.3 Å². The van der Waals surface area contributed by atoms with E-state index in [1.165, 1.54) is 18.0 Å². The summed E-state index contributed by atoms with van der Waals surface area (Å²) in [6.07, 6.45) is 0.393. The summed E-state index contributed by atoms with van der Waals surface area (Å²) in [7, 11) is 0. The van der Waals surface area contributed by atoms with Crippen LogP contribution in [0.1, 0.15) is 18.9 Å². The number of aliphatic hydroxyl groups is 3. The highest BCUT2D eigenvalue weighted by Gasteiger charge is 2.49. The molecular weight excluding hydrogens is 567 g/mol. The fourth-order valence-electron chi connectivity index (χ4n) is 4.86. The van der Waals surface area contributed by atoms with Gasteiger partial charge in [-0.3, -0.25) is 4.79 Å². The number of alkyl halides is 1. The summed E-state index contributed by atoms with van der Waals surface area (Å²) < 4.78 is 22.1. The van der Waals surface area contributed by atoms with Crippen LogP contribution in [0, 0.1) is 17.8 Å². The van der Waals surface area contributed by atoms with Crippen LogP contribution in [-0.2, 0) is 14.3 Å². The lowest BCUT2D eigenvalue weighted by molar-refractivity contribution is -0.205. The van der Waals surface area contributed by atoms with E-state index in [0.29, 0.717) is 19.6 Å². The van der Waals surface area contributed by atoms with Crippen LogP contribution < -0.4 is 10.6 Å². The molecule has 0 saturated carbocycles. The zero-order valence-electron chi connectivity index (χ0n) is 22.0. The Labute approximate surface area is 242 Å². The van der Waals surface area contributed by atoms with Crippen molar-refractivity contribution < 1.29 is 33.5 Å². The van der Waals surface area contributed by atoms with Crippen LogP contribution in [0.2, 0.25) is 0 Å². The maximum Gasteiger partial charge on any atom is 0.240 e. The molecule has 0 spiro atoms. The smallest absolute Gasteiger partial charge is 0.240 e. The fraction of sp³-hybridized carbons (Fsp3) is 0.593. The van der Waals surface area contributed by atoms with Crippen LogP contribution in [0.4, 0.5) is 3.89 Å². The number of aliphatic hydroxyl groups excluding tert-OH is 3. The van der Waals surface area contributed by atoms with Crippen LogP contribution in [0.3, 0.4) is 0 Å². The normalized spacial score (nSPS) is 33.6. The van der Waals surface area contributed by atoms with Gasteiger partial charge in [-0.15, -0.1) is 23.4 Å². The molecule has 5 N–H and O–H groups in total. The van der Waals surface area contributed by atoms with E-state index in [2.05, 4.69) is 28.6 Å². The van der Waals surface area contributed by atoms with E-state index in [1.54, 1.807) is 13.2 Å². The van der Waals surface area contributed by atoms with Crippen molar-refractivity contribution in [3.63, 3.8) is 0 Å². The SMILES string of the molecule is CSC1O[C@H]([C@H](NC(=O)[C@H]2NC[C@@H]3C=C(C#Cc4ccccc4)CCO[C@@H]23)[C@H](C)Cl)C(O)[C@@H](O)[C@H]1O.CSF. The van der Waals surface area contributed by atoms with E-state index in [4.69, 9.17) is 21.1 Å². The third-order valence-corrected chi connectivity index (χ3v) is 7.97. The number of fused-ring (bicyclic) bond motifs is 1. The number of hydrogen-bond acceptors (Lipinski definition) is 9. The number of amides is 1. The highest BCUT2D eigenvalue weighted by molar-refractivity contribution is 7.99. The van der Waals surface area contributed by atoms with Gasteiger partial charge in [-0.25, -0.2) is 0 Å². The Morgan fingerprint density at radius 3 is 2.51 bits per heavy atom. The first-order chi connectivity index (χ1) is 18.7. The second-order valence-corrected chi connectivity index (χ2v) is 11.4. The summed E-state index contributed by atoms with van der Waals surface area (Å²) in [6, 6.07) is 8.34. The van der Waals surface area contributed by atoms with Gasteiger partial charge in [0.15, 0.2) is 0 Å². The molecule has 2 unspecified atom stereocenters. The van der Waals surface area contributed by atoms with Crippen LogP contribution in [0.15, 0.2) is 42.0 Å². The van der Waals surface area contributed by atoms with E-state index < -0.39 is 47.3 Å². The molecule has 0 aromatic heterocycles. The Bertz CT molecular complexity index is 1020. The Morgan fingerprint density at radius 1 is 1.18 bits per heavy atom. The molecule has 8 nitrogen and oxygen atoms in total. The summed E-state index contributed by atoms with van der Waals surface area (Å²) in [5.74, 6) is 6.07. The van der Waals surface area contributed by atoms with Crippen LogP contribution in [-0.4, -0.2) is 100 Å². The lowest BCUT2D eigenvalue weighted by Crippen LogP contribution is -2.65. The second-order valence-electron chi connectivity index (χ2n) is 9.49. The zero-order chi connectivity index (χ0) is 28.5. The van der Waals surface area contributed by atoms with E-state index in [-0.39, 0.29) is 30.1 Å². The molecule has 4 rings (SSSR count). The molecule has 2 fully saturated rings. The number of halogens is 2. The number of hydrogen-bond donors (Lipinski definition) is 5. The van der Waals surface area contributed by atoms with Crippen molar-refractivity contribution >= 4 is 41.4 Å². The first-order valence-corrected chi connectivity index (χ1v) is 15.5. The highest BCUT2D eigenvalue weighted by atomic mass is 35.5. The van der Waals surface area contributed by atoms with Gasteiger partial charge in [-0.05, 0) is 25.3 Å². The lowest BCUT2D eigenvalue weighted by atomic mass is 9.92. The van der Waals surface area contributed by atoms with Crippen molar-refractivity contribution in [2.45, 2.75) is 66.8 Å². The number of thioether (sulfide) groups is 1. The van der Waals surface area contributed by atoms with E-state index in [0.717, 1.165) is 11.1 Å². The highest BCUT2D eigenvalue weighted by Crippen LogP contribution is 2.31. The zero-order valence-corrected chi connectivity index (χ0v) is 24.4. The summed E-state index contributed by atoms with van der Waals surface area (Å²) >= 11 is 7.86. The monoisotopic (exact) mass is 602 g/mol. The molecule has 0 bridgehead atoms. The third-order valence-electron chi connectivity index (χ3n) is 6.84. The molecule has 3 aliphatic rings. The van der Waals surface area contributed by atoms with E-state index in [9.17, 15) is 24.0 Å². The maximum atomic E-state index is 13.4. The van der Waals surface area contributed by atoms with Gasteiger partial charge in [0.1, 0.15) is 35.9 Å². The van der Waals surface area contributed by atoms with Crippen molar-refractivity contribution in [2.24, 2.45) is 5.92 Å². The minimum atomic E-state index is -1.42. The largest absolute Gasteiger partial charge is 0.388 e. The predicted molar refractivity (Wildman–Crippen MR) is 153 cm³/mol. The summed E-state index contributed by atoms with van der Waals surface area (Å²) in [4.78, 5) is 13.4. The third kappa shape index (κ3) is 8.35. The molecule has 1 aromatic rings. The molecule has 3 aliphatic heterocycles. The topological polar surface area (TPSA) is 120 Å². The Balaban J connectivity index is 0.00000134. The molecular formula is C27H36ClFN2O6S2. The van der Waals surface area contributed by atoms with Gasteiger partial charge in [0.25, 0.3) is 0 Å². The van der Waals surface area contributed by atoms with Gasteiger partial charge >= 0.3 is 0 Å². The maximum absolute atomic E-state index is 13.4. The number of benzene rings is 1. The Hall–Kier alpha value is -1.33. The van der Waals surface area contributed by atoms with Gasteiger partial charge in [0.05, 0.1) is 24.1 Å². The van der Waals surface area contributed by atoms with Crippen LogP contribution in [0.5, 0.6) is 0 Å². The first kappa shape index (κ1) is 32.2. The lowest BCUT2D eigenvalue weighted by Gasteiger charge is -2.44. The number of carbonyl (C=O) groups is 1. The molecule has 1 amide bonds. The average molecular weight is 603 g/mol. The van der Waals surface area contributed by atoms with Crippen molar-refractivity contribution in [3.05, 3.63) is 47.5 Å². The van der Waals surface area contributed by atoms with Crippen molar-refractivity contribution in [3.8, 4) is 11.8 Å². The first-order valence-electron chi connectivity index (χ1n) is 12.7. The number of carbonyl (C=O) groups excluding carboxylic acids is 1. The molecule has 0 radical (unpaired) electrons. The van der Waals surface area contributed by atoms with Gasteiger partial charge in [0.2, 0.25) is 5.91 Å². The standard InChI is InChI=1S/C26H33ClN2O6S.CH3FS/c1-14(27)18(24-21(31)20(30)22(32)26(35-24)36-2)29-25(33)19-23-17(13-28-19)12-16(10-11-34-23)9-8-15-6-4-3-5-7-15;1-3-2/h3-7,12,14,17-24,26,28,30-32H,10-11,13H2,1-2H3,(H,29,33);1H3/t14-,17-,18+,19-,20+,21?,22+,23+,24+,26?;/m0./s1. The number of nitrogens with one attached hydrogen (secondary N) is 2. The molecule has 39 heavy (non-hydrogen) atoms. The van der Waals surface area contributed by atoms with Crippen molar-refractivity contribution in [2.75, 3.05) is 25.7 Å². The van der Waals surface area contributed by atoms with Gasteiger partial charge in [-0.2, -0.15) is 3.89 Å². The summed E-state index contributed by atoms with van der Waals surface area (Å²) in [6.45, 7) is 2.69. The van der Waals surface area contributed by atoms with Crippen LogP contribution >= 0.6 is 35.5 Å². The molecule has 3 heterocycles. The Kier molecular flexibility index (Phi) is 12.9. The molecule has 1 aromatic carbocycles. The summed E-state index contributed by atoms with van der Waals surface area (Å²) in [5.41, 5.74) is 1.16. The van der Waals surface area contributed by atoms with Crippen molar-refractivity contribution in [1.29, 1.82) is 0 Å². The van der Waals surface area contributed by atoms with Gasteiger partial charge < -0.3 is 35.4 Å². The average Bonchev–Trinajstić information content (AvgIpc) is 3.21. The fourth-order valence-corrected chi connectivity index (χ4v) is 5.75. The van der Waals surface area contributed by atoms with Gasteiger partial charge in [-0.1, -0.05) is 36.1 Å². The Morgan fingerprint density at radius 2 is 1.87 bits per heavy atom. The molecule has 10 atom stereocenters. The van der Waals surface area contributed by atoms with Crippen LogP contribution in [0.25, 0.3) is 0 Å². The predicted octanol–water partition coefficient (Wildman–Crippen LogP) is 1.86. The molecule has 216 valence electrons. The minimum Gasteiger partial charge on any atom is -0.388 e. The minimum absolute atomic E-state index is 0.0236. The quantitative estimate of drug-likeness (QED) is 0.254. The second kappa shape index (κ2) is 15.6. The number of rotatable bonds is 5. The molecule has 12 heteroatoms. The van der Waals surface area contributed by atoms with Gasteiger partial charge in [0, 0.05) is 48.4 Å². The molecule has 2 saturated heterocycles. The summed E-state index contributed by atoms with van der Waals surface area (Å²) in [5, 5.41) is 36.6. The van der Waals surface area contributed by atoms with E-state index >= 15 is 0 Å². The van der Waals surface area contributed by atoms with Crippen molar-refractivity contribution in [1.82, 2.24) is 10.6 Å². The molecule has 0 aliphatic carbocycles.